The summed E-state index contributed by atoms with van der Waals surface area (Å²) >= 11 is 0. The van der Waals surface area contributed by atoms with E-state index in [2.05, 4.69) is 34.9 Å². The number of carbonyl (C=O) groups excluding carboxylic acids is 2. The van der Waals surface area contributed by atoms with Gasteiger partial charge in [-0.2, -0.15) is 18.3 Å². The number of rotatable bonds is 18. The average Bonchev–Trinajstić information content (AvgIpc) is 3.84. The van der Waals surface area contributed by atoms with E-state index in [-0.39, 0.29) is 24.0 Å². The van der Waals surface area contributed by atoms with Crippen LogP contribution in [-0.2, 0) is 17.5 Å². The van der Waals surface area contributed by atoms with Gasteiger partial charge in [0.25, 0.3) is 5.91 Å². The number of alkyl carbamates (subject to hydrolysis) is 1. The topological polar surface area (TPSA) is 116 Å². The molecule has 1 aromatic heterocycles. The monoisotopic (exact) mass is 763 g/mol. The Kier molecular flexibility index (Phi) is 13.9. The van der Waals surface area contributed by atoms with Crippen LogP contribution in [0.25, 0.3) is 5.69 Å². The van der Waals surface area contributed by atoms with Crippen LogP contribution in [0.15, 0.2) is 72.8 Å². The fourth-order valence-corrected chi connectivity index (χ4v) is 5.80. The van der Waals surface area contributed by atoms with Crippen molar-refractivity contribution in [3.63, 3.8) is 0 Å². The van der Waals surface area contributed by atoms with Gasteiger partial charge in [0, 0.05) is 23.9 Å². The minimum Gasteiger partial charge on any atom is -0.494 e. The molecule has 0 radical (unpaired) electrons. The van der Waals surface area contributed by atoms with Gasteiger partial charge in [0.05, 0.1) is 24.9 Å². The summed E-state index contributed by atoms with van der Waals surface area (Å²) in [5.74, 6) is 1.24. The molecule has 5 rings (SSSR count). The fourth-order valence-electron chi connectivity index (χ4n) is 5.80. The summed E-state index contributed by atoms with van der Waals surface area (Å²) in [7, 11) is 0. The van der Waals surface area contributed by atoms with Crippen molar-refractivity contribution < 1.29 is 37.0 Å². The maximum Gasteiger partial charge on any atom is 0.435 e. The molecule has 10 nitrogen and oxygen atoms in total. The van der Waals surface area contributed by atoms with Gasteiger partial charge in [-0.3, -0.25) is 4.79 Å². The number of hydrogen-bond donors (Lipinski definition) is 3. The Morgan fingerprint density at radius 2 is 1.64 bits per heavy atom. The van der Waals surface area contributed by atoms with E-state index in [0.29, 0.717) is 30.4 Å². The van der Waals surface area contributed by atoms with Crippen molar-refractivity contribution in [2.24, 2.45) is 5.92 Å². The third-order valence-corrected chi connectivity index (χ3v) is 8.82. The molecule has 3 N–H and O–H groups in total. The number of hydrogen-bond acceptors (Lipinski definition) is 7. The first-order valence-electron chi connectivity index (χ1n) is 19.0. The summed E-state index contributed by atoms with van der Waals surface area (Å²) in [6.07, 6.45) is 0.662. The van der Waals surface area contributed by atoms with Crippen molar-refractivity contribution in [3.05, 3.63) is 101 Å². The maximum absolute atomic E-state index is 14.0. The van der Waals surface area contributed by atoms with Crippen LogP contribution < -0.4 is 25.4 Å². The summed E-state index contributed by atoms with van der Waals surface area (Å²) in [6, 6.07) is 19.9. The predicted molar refractivity (Wildman–Crippen MR) is 206 cm³/mol. The van der Waals surface area contributed by atoms with Crippen molar-refractivity contribution in [2.45, 2.75) is 97.5 Å². The highest BCUT2D eigenvalue weighted by Crippen LogP contribution is 2.37. The summed E-state index contributed by atoms with van der Waals surface area (Å²) in [4.78, 5) is 26.1. The molecule has 1 atom stereocenters. The van der Waals surface area contributed by atoms with E-state index in [9.17, 15) is 22.8 Å². The SMILES string of the molecule is CCCCOc1ccc(OCCCC)c(C(NCC2CC2)c2cccc(NC(=O)c3cc(C(F)(F)F)nn3-c3cccc(CNC(=O)OC(C)(C)C)c3)c2)c1. The number of unbranched alkanes of at least 4 members (excludes halogenated alkanes) is 2. The zero-order chi connectivity index (χ0) is 39.6. The van der Waals surface area contributed by atoms with Gasteiger partial charge in [0.2, 0.25) is 0 Å². The predicted octanol–water partition coefficient (Wildman–Crippen LogP) is 9.61. The van der Waals surface area contributed by atoms with E-state index < -0.39 is 29.5 Å². The number of nitrogens with one attached hydrogen (secondary N) is 3. The van der Waals surface area contributed by atoms with Gasteiger partial charge in [-0.15, -0.1) is 0 Å². The molecule has 0 saturated heterocycles. The third kappa shape index (κ3) is 12.2. The molecule has 13 heteroatoms. The summed E-state index contributed by atoms with van der Waals surface area (Å²) in [6.45, 7) is 11.4. The van der Waals surface area contributed by atoms with Crippen LogP contribution in [0.3, 0.4) is 0 Å². The van der Waals surface area contributed by atoms with Crippen LogP contribution in [0.2, 0.25) is 0 Å². The number of amides is 2. The first kappa shape index (κ1) is 41.1. The zero-order valence-electron chi connectivity index (χ0n) is 32.2. The number of carbonyl (C=O) groups is 2. The number of anilines is 1. The lowest BCUT2D eigenvalue weighted by Crippen LogP contribution is -2.32. The highest BCUT2D eigenvalue weighted by Gasteiger charge is 2.36. The molecule has 3 aromatic carbocycles. The fraction of sp³-hybridized carbons (Fsp3) is 0.452. The molecule has 1 fully saturated rings. The number of ether oxygens (including phenoxy) is 3. The van der Waals surface area contributed by atoms with Crippen LogP contribution in [0, 0.1) is 5.92 Å². The van der Waals surface area contributed by atoms with Gasteiger partial charge < -0.3 is 30.2 Å². The highest BCUT2D eigenvalue weighted by atomic mass is 19.4. The van der Waals surface area contributed by atoms with Gasteiger partial charge >= 0.3 is 12.3 Å². The molecule has 55 heavy (non-hydrogen) atoms. The van der Waals surface area contributed by atoms with E-state index >= 15 is 0 Å². The molecule has 0 bridgehead atoms. The Labute approximate surface area is 321 Å². The second-order valence-electron chi connectivity index (χ2n) is 14.8. The molecule has 1 saturated carbocycles. The summed E-state index contributed by atoms with van der Waals surface area (Å²) in [5, 5.41) is 13.0. The van der Waals surface area contributed by atoms with E-state index in [1.54, 1.807) is 51.1 Å². The molecule has 1 unspecified atom stereocenters. The summed E-state index contributed by atoms with van der Waals surface area (Å²) in [5.41, 5.74) is 0.646. The van der Waals surface area contributed by atoms with Gasteiger partial charge in [-0.25, -0.2) is 9.48 Å². The number of aromatic nitrogens is 2. The third-order valence-electron chi connectivity index (χ3n) is 8.82. The van der Waals surface area contributed by atoms with Gasteiger partial charge in [-0.1, -0.05) is 51.0 Å². The van der Waals surface area contributed by atoms with Crippen LogP contribution in [-0.4, -0.2) is 47.1 Å². The van der Waals surface area contributed by atoms with Crippen LogP contribution >= 0.6 is 0 Å². The van der Waals surface area contributed by atoms with E-state index in [4.69, 9.17) is 14.2 Å². The van der Waals surface area contributed by atoms with E-state index in [0.717, 1.165) is 78.4 Å². The molecule has 2 amide bonds. The average molecular weight is 764 g/mol. The standard InChI is InChI=1S/C42H52F3N5O5/c1-6-8-20-53-33-18-19-36(54-21-9-7-2)34(24-33)38(46-26-28-16-17-28)30-13-11-14-31(23-30)48-39(51)35-25-37(42(43,44)45)49-50(35)32-15-10-12-29(22-32)27-47-40(52)55-41(3,4)5/h10-15,18-19,22-25,28,38,46H,6-9,16-17,20-21,26-27H2,1-5H3,(H,47,52)(H,48,51). The quantitative estimate of drug-likeness (QED) is 0.0865. The largest absolute Gasteiger partial charge is 0.494 e. The number of nitrogens with zero attached hydrogens (tertiary/aromatic N) is 2. The Hall–Kier alpha value is -5.04. The van der Waals surface area contributed by atoms with Gasteiger partial charge in [-0.05, 0) is 113 Å². The maximum atomic E-state index is 14.0. The Bertz CT molecular complexity index is 1900. The van der Waals surface area contributed by atoms with Crippen LogP contribution in [0.5, 0.6) is 11.5 Å². The van der Waals surface area contributed by atoms with Gasteiger partial charge in [0.15, 0.2) is 5.69 Å². The minimum absolute atomic E-state index is 0.0412. The lowest BCUT2D eigenvalue weighted by atomic mass is 9.96. The number of benzene rings is 3. The van der Waals surface area contributed by atoms with Crippen molar-refractivity contribution in [1.82, 2.24) is 20.4 Å². The Morgan fingerprint density at radius 3 is 2.33 bits per heavy atom. The zero-order valence-corrected chi connectivity index (χ0v) is 32.2. The molecule has 1 aliphatic rings. The molecule has 0 aliphatic heterocycles. The van der Waals surface area contributed by atoms with Crippen molar-refractivity contribution in [3.8, 4) is 17.2 Å². The molecule has 1 heterocycles. The molecule has 4 aromatic rings. The second-order valence-corrected chi connectivity index (χ2v) is 14.8. The molecule has 296 valence electrons. The number of halogens is 3. The molecule has 0 spiro atoms. The number of alkyl halides is 3. The van der Waals surface area contributed by atoms with E-state index in [1.165, 1.54) is 6.07 Å². The van der Waals surface area contributed by atoms with Gasteiger partial charge in [0.1, 0.15) is 22.8 Å². The highest BCUT2D eigenvalue weighted by molar-refractivity contribution is 6.03. The van der Waals surface area contributed by atoms with E-state index in [1.807, 2.05) is 30.3 Å². The molecular weight excluding hydrogens is 711 g/mol. The summed E-state index contributed by atoms with van der Waals surface area (Å²) < 4.78 is 60.6. The Morgan fingerprint density at radius 1 is 0.909 bits per heavy atom. The lowest BCUT2D eigenvalue weighted by molar-refractivity contribution is -0.141. The Balaban J connectivity index is 1.44. The lowest BCUT2D eigenvalue weighted by Gasteiger charge is -2.24. The minimum atomic E-state index is -4.80. The first-order chi connectivity index (χ1) is 26.2. The molecule has 1 aliphatic carbocycles. The second kappa shape index (κ2) is 18.5. The van der Waals surface area contributed by atoms with Crippen LogP contribution in [0.4, 0.5) is 23.7 Å². The van der Waals surface area contributed by atoms with Crippen molar-refractivity contribution >= 4 is 17.7 Å². The molecular formula is C42H52F3N5O5. The van der Waals surface area contributed by atoms with Crippen LogP contribution in [0.1, 0.15) is 112 Å². The normalized spacial score (nSPS) is 13.6. The van der Waals surface area contributed by atoms with Crippen molar-refractivity contribution in [1.29, 1.82) is 0 Å². The first-order valence-corrected chi connectivity index (χ1v) is 19.0. The smallest absolute Gasteiger partial charge is 0.435 e. The van der Waals surface area contributed by atoms with Crippen molar-refractivity contribution in [2.75, 3.05) is 25.1 Å².